The summed E-state index contributed by atoms with van der Waals surface area (Å²) in [4.78, 5) is 28.0. The summed E-state index contributed by atoms with van der Waals surface area (Å²) in [6, 6.07) is 15.5. The highest BCUT2D eigenvalue weighted by Gasteiger charge is 2.20. The van der Waals surface area contributed by atoms with Crippen LogP contribution in [0.4, 0.5) is 5.69 Å². The molecule has 0 bridgehead atoms. The van der Waals surface area contributed by atoms with Crippen LogP contribution in [-0.4, -0.2) is 36.8 Å². The van der Waals surface area contributed by atoms with Crippen LogP contribution in [0.1, 0.15) is 17.4 Å². The van der Waals surface area contributed by atoms with Gasteiger partial charge in [0.05, 0.1) is 12.9 Å². The van der Waals surface area contributed by atoms with Crippen LogP contribution < -0.4 is 15.0 Å². The second-order valence-electron chi connectivity index (χ2n) is 7.65. The van der Waals surface area contributed by atoms with Gasteiger partial charge in [0.15, 0.2) is 0 Å². The average Bonchev–Trinajstić information content (AvgIpc) is 3.23. The standard InChI is InChI=1S/C24H23N3O6S/c1-4-32-24(29)20-13-18-19(14-27(2)23(28)22(18)25-20)17-12-15(26-34(3,30)31)10-11-21(17)33-16-8-6-5-7-9-16/h5-14,25-26H,4H2,1-3H3. The Morgan fingerprint density at radius 2 is 1.82 bits per heavy atom. The first-order chi connectivity index (χ1) is 16.2. The maximum atomic E-state index is 12.8. The number of H-pyrrole nitrogens is 1. The van der Waals surface area contributed by atoms with E-state index in [1.54, 1.807) is 56.6 Å². The van der Waals surface area contributed by atoms with Crippen LogP contribution >= 0.6 is 0 Å². The predicted octanol–water partition coefficient (Wildman–Crippen LogP) is 3.87. The fourth-order valence-electron chi connectivity index (χ4n) is 3.59. The molecule has 2 aromatic carbocycles. The fourth-order valence-corrected chi connectivity index (χ4v) is 4.14. The summed E-state index contributed by atoms with van der Waals surface area (Å²) in [6.45, 7) is 1.88. The molecule has 2 aromatic heterocycles. The summed E-state index contributed by atoms with van der Waals surface area (Å²) in [6.07, 6.45) is 2.67. The van der Waals surface area contributed by atoms with Gasteiger partial charge >= 0.3 is 5.97 Å². The third-order valence-electron chi connectivity index (χ3n) is 5.00. The van der Waals surface area contributed by atoms with Gasteiger partial charge in [0.1, 0.15) is 22.7 Å². The average molecular weight is 482 g/mol. The number of nitrogens with one attached hydrogen (secondary N) is 2. The van der Waals surface area contributed by atoms with Gasteiger partial charge in [-0.05, 0) is 43.3 Å². The summed E-state index contributed by atoms with van der Waals surface area (Å²) in [5, 5.41) is 0.473. The molecule has 176 valence electrons. The van der Waals surface area contributed by atoms with Crippen LogP contribution in [0.3, 0.4) is 0 Å². The van der Waals surface area contributed by atoms with Crippen LogP contribution in [0.15, 0.2) is 65.6 Å². The van der Waals surface area contributed by atoms with Crippen molar-refractivity contribution in [2.75, 3.05) is 17.6 Å². The molecular weight excluding hydrogens is 458 g/mol. The maximum absolute atomic E-state index is 12.8. The molecule has 0 aliphatic rings. The van der Waals surface area contributed by atoms with E-state index in [-0.39, 0.29) is 23.4 Å². The first-order valence-corrected chi connectivity index (χ1v) is 12.3. The summed E-state index contributed by atoms with van der Waals surface area (Å²) in [5.74, 6) is 0.430. The fraction of sp³-hybridized carbons (Fsp3) is 0.167. The Morgan fingerprint density at radius 1 is 1.09 bits per heavy atom. The number of sulfonamides is 1. The first-order valence-electron chi connectivity index (χ1n) is 10.4. The number of rotatable bonds is 7. The van der Waals surface area contributed by atoms with Crippen molar-refractivity contribution in [2.45, 2.75) is 6.92 Å². The molecule has 0 atom stereocenters. The Kier molecular flexibility index (Phi) is 6.16. The Labute approximate surface area is 196 Å². The van der Waals surface area contributed by atoms with Crippen LogP contribution in [0.5, 0.6) is 11.5 Å². The maximum Gasteiger partial charge on any atom is 0.354 e. The lowest BCUT2D eigenvalue weighted by Crippen LogP contribution is -2.17. The molecule has 2 N–H and O–H groups in total. The third kappa shape index (κ3) is 4.81. The zero-order chi connectivity index (χ0) is 24.5. The van der Waals surface area contributed by atoms with Crippen molar-refractivity contribution in [3.8, 4) is 22.6 Å². The van der Waals surface area contributed by atoms with E-state index < -0.39 is 16.0 Å². The van der Waals surface area contributed by atoms with Gasteiger partial charge < -0.3 is 19.0 Å². The molecule has 2 heterocycles. The van der Waals surface area contributed by atoms with Gasteiger partial charge in [-0.25, -0.2) is 13.2 Å². The van der Waals surface area contributed by atoms with Crippen molar-refractivity contribution in [3.05, 3.63) is 76.8 Å². The molecule has 0 aliphatic carbocycles. The number of ether oxygens (including phenoxy) is 2. The summed E-state index contributed by atoms with van der Waals surface area (Å²) in [5.41, 5.74) is 1.43. The zero-order valence-electron chi connectivity index (χ0n) is 18.8. The Balaban J connectivity index is 1.96. The van der Waals surface area contributed by atoms with Gasteiger partial charge in [-0.2, -0.15) is 0 Å². The smallest absolute Gasteiger partial charge is 0.354 e. The molecule has 0 radical (unpaired) electrons. The minimum Gasteiger partial charge on any atom is -0.461 e. The Hall–Kier alpha value is -4.05. The molecule has 0 saturated heterocycles. The van der Waals surface area contributed by atoms with E-state index in [2.05, 4.69) is 9.71 Å². The summed E-state index contributed by atoms with van der Waals surface area (Å²) in [7, 11) is -1.94. The molecular formula is C24H23N3O6S. The lowest BCUT2D eigenvalue weighted by molar-refractivity contribution is 0.0520. The highest BCUT2D eigenvalue weighted by atomic mass is 32.2. The highest BCUT2D eigenvalue weighted by Crippen LogP contribution is 2.38. The van der Waals surface area contributed by atoms with E-state index in [0.29, 0.717) is 33.7 Å². The number of fused-ring (bicyclic) bond motifs is 1. The largest absolute Gasteiger partial charge is 0.461 e. The molecule has 34 heavy (non-hydrogen) atoms. The molecule has 0 aliphatic heterocycles. The number of anilines is 1. The molecule has 0 saturated carbocycles. The third-order valence-corrected chi connectivity index (χ3v) is 5.61. The number of esters is 1. The number of benzene rings is 2. The highest BCUT2D eigenvalue weighted by molar-refractivity contribution is 7.92. The van der Waals surface area contributed by atoms with Crippen molar-refractivity contribution < 1.29 is 22.7 Å². The van der Waals surface area contributed by atoms with E-state index in [9.17, 15) is 18.0 Å². The Bertz CT molecular complexity index is 1540. The van der Waals surface area contributed by atoms with Crippen LogP contribution in [0.2, 0.25) is 0 Å². The van der Waals surface area contributed by atoms with Gasteiger partial charge in [-0.3, -0.25) is 9.52 Å². The van der Waals surface area contributed by atoms with E-state index in [1.165, 1.54) is 4.57 Å². The number of aryl methyl sites for hydroxylation is 1. The molecule has 9 nitrogen and oxygen atoms in total. The van der Waals surface area contributed by atoms with Gasteiger partial charge in [0, 0.05) is 35.4 Å². The summed E-state index contributed by atoms with van der Waals surface area (Å²) < 4.78 is 38.7. The van der Waals surface area contributed by atoms with Crippen molar-refractivity contribution in [3.63, 3.8) is 0 Å². The number of hydrogen-bond donors (Lipinski definition) is 2. The number of para-hydroxylation sites is 1. The second kappa shape index (κ2) is 9.06. The SMILES string of the molecule is CCOC(=O)c1cc2c(-c3cc(NS(C)(=O)=O)ccc3Oc3ccccc3)cn(C)c(=O)c2[nH]1. The topological polar surface area (TPSA) is 119 Å². The molecule has 0 unspecified atom stereocenters. The predicted molar refractivity (Wildman–Crippen MR) is 130 cm³/mol. The van der Waals surface area contributed by atoms with Crippen molar-refractivity contribution in [1.82, 2.24) is 9.55 Å². The number of hydrogen-bond acceptors (Lipinski definition) is 6. The van der Waals surface area contributed by atoms with Gasteiger partial charge in [-0.15, -0.1) is 0 Å². The number of aromatic amines is 1. The lowest BCUT2D eigenvalue weighted by Gasteiger charge is -2.15. The Morgan fingerprint density at radius 3 is 2.50 bits per heavy atom. The van der Waals surface area contributed by atoms with E-state index in [1.807, 2.05) is 18.2 Å². The number of aromatic nitrogens is 2. The number of carbonyl (C=O) groups is 1. The molecule has 0 spiro atoms. The van der Waals surface area contributed by atoms with Crippen molar-refractivity contribution >= 4 is 32.6 Å². The molecule has 10 heteroatoms. The van der Waals surface area contributed by atoms with Crippen LogP contribution in [0.25, 0.3) is 22.0 Å². The minimum atomic E-state index is -3.53. The molecule has 4 aromatic rings. The number of pyridine rings is 1. The van der Waals surface area contributed by atoms with Crippen LogP contribution in [0, 0.1) is 0 Å². The quantitative estimate of drug-likeness (QED) is 0.387. The van der Waals surface area contributed by atoms with Crippen LogP contribution in [-0.2, 0) is 21.8 Å². The summed E-state index contributed by atoms with van der Waals surface area (Å²) >= 11 is 0. The van der Waals surface area contributed by atoms with Gasteiger partial charge in [-0.1, -0.05) is 18.2 Å². The second-order valence-corrected chi connectivity index (χ2v) is 9.40. The minimum absolute atomic E-state index is 0.136. The monoisotopic (exact) mass is 481 g/mol. The lowest BCUT2D eigenvalue weighted by atomic mass is 10.0. The first kappa shape index (κ1) is 23.1. The van der Waals surface area contributed by atoms with Crippen molar-refractivity contribution in [2.24, 2.45) is 7.05 Å². The van der Waals surface area contributed by atoms with Crippen molar-refractivity contribution in [1.29, 1.82) is 0 Å². The zero-order valence-corrected chi connectivity index (χ0v) is 19.6. The van der Waals surface area contributed by atoms with E-state index >= 15 is 0 Å². The molecule has 4 rings (SSSR count). The van der Waals surface area contributed by atoms with Gasteiger partial charge in [0.25, 0.3) is 5.56 Å². The normalized spacial score (nSPS) is 11.4. The van der Waals surface area contributed by atoms with E-state index in [4.69, 9.17) is 9.47 Å². The molecule has 0 fully saturated rings. The molecule has 0 amide bonds. The number of nitrogens with zero attached hydrogens (tertiary/aromatic N) is 1. The van der Waals surface area contributed by atoms with Gasteiger partial charge in [0.2, 0.25) is 10.0 Å². The number of carbonyl (C=O) groups excluding carboxylic acids is 1. The van der Waals surface area contributed by atoms with E-state index in [0.717, 1.165) is 6.26 Å².